The van der Waals surface area contributed by atoms with Crippen LogP contribution in [0.5, 0.6) is 0 Å². The van der Waals surface area contributed by atoms with Crippen molar-refractivity contribution in [2.75, 3.05) is 6.54 Å². The van der Waals surface area contributed by atoms with Crippen molar-refractivity contribution < 1.29 is 5.11 Å². The molecule has 3 atom stereocenters. The summed E-state index contributed by atoms with van der Waals surface area (Å²) in [4.78, 5) is 2.55. The lowest BCUT2D eigenvalue weighted by Gasteiger charge is -2.43. The molecule has 1 rings (SSSR count). The zero-order chi connectivity index (χ0) is 11.4. The van der Waals surface area contributed by atoms with E-state index in [4.69, 9.17) is 0 Å². The molecule has 1 saturated carbocycles. The highest BCUT2D eigenvalue weighted by Gasteiger charge is 2.32. The van der Waals surface area contributed by atoms with Crippen LogP contribution < -0.4 is 0 Å². The van der Waals surface area contributed by atoms with Gasteiger partial charge in [-0.2, -0.15) is 0 Å². The maximum absolute atomic E-state index is 9.79. The standard InChI is InChI=1S/C13H27NO/c1-5-11-7-8-12(15)9-13(11)14(6-2)10(3)4/h10-13,15H,5-9H2,1-4H3. The normalized spacial score (nSPS) is 32.6. The first kappa shape index (κ1) is 13.0. The summed E-state index contributed by atoms with van der Waals surface area (Å²) in [6.45, 7) is 10.1. The third-order valence-corrected chi connectivity index (χ3v) is 3.91. The molecule has 15 heavy (non-hydrogen) atoms. The molecule has 2 nitrogen and oxygen atoms in total. The number of aliphatic hydroxyl groups excluding tert-OH is 1. The number of nitrogens with zero attached hydrogens (tertiary/aromatic N) is 1. The van der Waals surface area contributed by atoms with E-state index in [0.717, 1.165) is 25.3 Å². The second-order valence-corrected chi connectivity index (χ2v) is 5.13. The van der Waals surface area contributed by atoms with Gasteiger partial charge in [-0.1, -0.05) is 20.3 Å². The molecule has 0 aromatic rings. The molecule has 1 aliphatic carbocycles. The molecule has 1 N–H and O–H groups in total. The van der Waals surface area contributed by atoms with E-state index in [9.17, 15) is 5.11 Å². The number of rotatable bonds is 4. The van der Waals surface area contributed by atoms with Gasteiger partial charge in [0.2, 0.25) is 0 Å². The molecule has 1 aliphatic rings. The first-order valence-electron chi connectivity index (χ1n) is 6.53. The molecule has 0 aliphatic heterocycles. The van der Waals surface area contributed by atoms with Crippen molar-refractivity contribution in [2.24, 2.45) is 5.92 Å². The summed E-state index contributed by atoms with van der Waals surface area (Å²) in [5.41, 5.74) is 0. The minimum atomic E-state index is -0.0643. The molecule has 0 radical (unpaired) electrons. The molecule has 3 unspecified atom stereocenters. The van der Waals surface area contributed by atoms with Crippen molar-refractivity contribution >= 4 is 0 Å². The molecule has 0 amide bonds. The molecule has 0 aromatic heterocycles. The summed E-state index contributed by atoms with van der Waals surface area (Å²) in [5, 5.41) is 9.79. The lowest BCUT2D eigenvalue weighted by molar-refractivity contribution is 0.0144. The Labute approximate surface area is 94.7 Å². The summed E-state index contributed by atoms with van der Waals surface area (Å²) in [5.74, 6) is 0.788. The molecule has 0 bridgehead atoms. The van der Waals surface area contributed by atoms with Gasteiger partial charge in [0.05, 0.1) is 6.10 Å². The van der Waals surface area contributed by atoms with Crippen LogP contribution in [0.3, 0.4) is 0 Å². The summed E-state index contributed by atoms with van der Waals surface area (Å²) < 4.78 is 0. The minimum absolute atomic E-state index is 0.0643. The van der Waals surface area contributed by atoms with Crippen LogP contribution in [-0.4, -0.2) is 34.7 Å². The fraction of sp³-hybridized carbons (Fsp3) is 1.00. The highest BCUT2D eigenvalue weighted by molar-refractivity contribution is 4.87. The predicted molar refractivity (Wildman–Crippen MR) is 64.9 cm³/mol. The topological polar surface area (TPSA) is 23.5 Å². The number of aliphatic hydroxyl groups is 1. The molecular formula is C13H27NO. The van der Waals surface area contributed by atoms with Crippen LogP contribution in [0.15, 0.2) is 0 Å². The van der Waals surface area contributed by atoms with Crippen molar-refractivity contribution in [2.45, 2.75) is 71.6 Å². The first-order chi connectivity index (χ1) is 7.10. The van der Waals surface area contributed by atoms with E-state index < -0.39 is 0 Å². The summed E-state index contributed by atoms with van der Waals surface area (Å²) >= 11 is 0. The Hall–Kier alpha value is -0.0800. The molecule has 0 spiro atoms. The lowest BCUT2D eigenvalue weighted by Crippen LogP contribution is -2.48. The second kappa shape index (κ2) is 5.86. The second-order valence-electron chi connectivity index (χ2n) is 5.13. The zero-order valence-electron chi connectivity index (χ0n) is 10.7. The average molecular weight is 213 g/mol. The van der Waals surface area contributed by atoms with Crippen LogP contribution in [0.2, 0.25) is 0 Å². The fourth-order valence-corrected chi connectivity index (χ4v) is 3.05. The Morgan fingerprint density at radius 1 is 1.27 bits per heavy atom. The van der Waals surface area contributed by atoms with Gasteiger partial charge in [0, 0.05) is 12.1 Å². The largest absolute Gasteiger partial charge is 0.393 e. The van der Waals surface area contributed by atoms with Crippen LogP contribution in [0, 0.1) is 5.92 Å². The van der Waals surface area contributed by atoms with Crippen LogP contribution >= 0.6 is 0 Å². The first-order valence-corrected chi connectivity index (χ1v) is 6.53. The maximum Gasteiger partial charge on any atom is 0.0555 e. The molecular weight excluding hydrogens is 186 g/mol. The van der Waals surface area contributed by atoms with Gasteiger partial charge in [-0.25, -0.2) is 0 Å². The molecule has 0 saturated heterocycles. The zero-order valence-corrected chi connectivity index (χ0v) is 10.7. The van der Waals surface area contributed by atoms with Gasteiger partial charge in [0.15, 0.2) is 0 Å². The quantitative estimate of drug-likeness (QED) is 0.776. The van der Waals surface area contributed by atoms with E-state index in [2.05, 4.69) is 32.6 Å². The molecule has 0 aromatic carbocycles. The Bertz CT molecular complexity index is 181. The van der Waals surface area contributed by atoms with E-state index >= 15 is 0 Å². The molecule has 1 fully saturated rings. The monoisotopic (exact) mass is 213 g/mol. The van der Waals surface area contributed by atoms with Crippen molar-refractivity contribution in [1.29, 1.82) is 0 Å². The van der Waals surface area contributed by atoms with Gasteiger partial charge in [-0.15, -0.1) is 0 Å². The maximum atomic E-state index is 9.79. The highest BCUT2D eigenvalue weighted by Crippen LogP contribution is 2.31. The van der Waals surface area contributed by atoms with Gasteiger partial charge in [-0.3, -0.25) is 4.90 Å². The van der Waals surface area contributed by atoms with Gasteiger partial charge < -0.3 is 5.11 Å². The van der Waals surface area contributed by atoms with Gasteiger partial charge in [-0.05, 0) is 45.6 Å². The average Bonchev–Trinajstić information content (AvgIpc) is 2.18. The van der Waals surface area contributed by atoms with E-state index in [0.29, 0.717) is 12.1 Å². The van der Waals surface area contributed by atoms with E-state index in [1.54, 1.807) is 0 Å². The summed E-state index contributed by atoms with van der Waals surface area (Å²) in [6, 6.07) is 1.20. The lowest BCUT2D eigenvalue weighted by atomic mass is 9.80. The summed E-state index contributed by atoms with van der Waals surface area (Å²) in [6.07, 6.45) is 4.37. The van der Waals surface area contributed by atoms with E-state index in [-0.39, 0.29) is 6.10 Å². The number of hydrogen-bond acceptors (Lipinski definition) is 2. The van der Waals surface area contributed by atoms with Crippen molar-refractivity contribution in [3.05, 3.63) is 0 Å². The number of hydrogen-bond donors (Lipinski definition) is 1. The van der Waals surface area contributed by atoms with Crippen molar-refractivity contribution in [1.82, 2.24) is 4.90 Å². The highest BCUT2D eigenvalue weighted by atomic mass is 16.3. The SMILES string of the molecule is CCC1CCC(O)CC1N(CC)C(C)C. The molecule has 0 heterocycles. The third kappa shape index (κ3) is 3.18. The predicted octanol–water partition coefficient (Wildman–Crippen LogP) is 2.66. The molecule has 2 heteroatoms. The van der Waals surface area contributed by atoms with Crippen LogP contribution in [0.25, 0.3) is 0 Å². The van der Waals surface area contributed by atoms with Crippen LogP contribution in [-0.2, 0) is 0 Å². The van der Waals surface area contributed by atoms with Crippen molar-refractivity contribution in [3.8, 4) is 0 Å². The smallest absolute Gasteiger partial charge is 0.0555 e. The Kier molecular flexibility index (Phi) is 5.07. The van der Waals surface area contributed by atoms with Gasteiger partial charge in [0.1, 0.15) is 0 Å². The van der Waals surface area contributed by atoms with Gasteiger partial charge in [0.25, 0.3) is 0 Å². The Morgan fingerprint density at radius 3 is 2.40 bits per heavy atom. The Morgan fingerprint density at radius 2 is 1.93 bits per heavy atom. The fourth-order valence-electron chi connectivity index (χ4n) is 3.05. The molecule has 90 valence electrons. The van der Waals surface area contributed by atoms with Gasteiger partial charge >= 0.3 is 0 Å². The Balaban J connectivity index is 2.68. The van der Waals surface area contributed by atoms with E-state index in [1.807, 2.05) is 0 Å². The van der Waals surface area contributed by atoms with Crippen LogP contribution in [0.1, 0.15) is 53.4 Å². The van der Waals surface area contributed by atoms with Crippen molar-refractivity contribution in [3.63, 3.8) is 0 Å². The summed E-state index contributed by atoms with van der Waals surface area (Å²) in [7, 11) is 0. The third-order valence-electron chi connectivity index (χ3n) is 3.91. The minimum Gasteiger partial charge on any atom is -0.393 e. The van der Waals surface area contributed by atoms with E-state index in [1.165, 1.54) is 12.8 Å². The van der Waals surface area contributed by atoms with Crippen LogP contribution in [0.4, 0.5) is 0 Å².